The maximum absolute atomic E-state index is 12.4. The predicted octanol–water partition coefficient (Wildman–Crippen LogP) is 4.39. The number of aromatic nitrogens is 3. The monoisotopic (exact) mass is 473 g/mol. The minimum atomic E-state index is -0.475. The van der Waals surface area contributed by atoms with Gasteiger partial charge in [-0.05, 0) is 56.5 Å². The number of carbonyl (C=O) groups excluding carboxylic acids is 2. The van der Waals surface area contributed by atoms with E-state index in [4.69, 9.17) is 4.74 Å². The summed E-state index contributed by atoms with van der Waals surface area (Å²) in [4.78, 5) is 26.5. The van der Waals surface area contributed by atoms with Crippen molar-refractivity contribution in [2.24, 2.45) is 0 Å². The largest absolute Gasteiger partial charge is 0.465 e. The number of nitrogens with one attached hydrogen (secondary N) is 1. The lowest BCUT2D eigenvalue weighted by Gasteiger charge is -2.21. The molecule has 0 aliphatic carbocycles. The van der Waals surface area contributed by atoms with Crippen LogP contribution in [0.3, 0.4) is 0 Å². The van der Waals surface area contributed by atoms with Crippen LogP contribution < -0.4 is 10.2 Å². The minimum absolute atomic E-state index is 0.150. The SMILES string of the molecule is CCN(CC)c1ccc(-c2nnc(SCC(=O)Nc3sccc3C(=O)OC)n2CC)cc1. The van der Waals surface area contributed by atoms with Crippen LogP contribution in [0.4, 0.5) is 10.7 Å². The summed E-state index contributed by atoms with van der Waals surface area (Å²) in [6, 6.07) is 9.92. The molecule has 2 heterocycles. The number of benzene rings is 1. The average Bonchev–Trinajstić information content (AvgIpc) is 3.45. The zero-order valence-corrected chi connectivity index (χ0v) is 20.3. The van der Waals surface area contributed by atoms with Gasteiger partial charge in [0.05, 0.1) is 18.4 Å². The van der Waals surface area contributed by atoms with Crippen molar-refractivity contribution in [3.63, 3.8) is 0 Å². The predicted molar refractivity (Wildman–Crippen MR) is 130 cm³/mol. The minimum Gasteiger partial charge on any atom is -0.465 e. The van der Waals surface area contributed by atoms with Crippen molar-refractivity contribution < 1.29 is 14.3 Å². The van der Waals surface area contributed by atoms with E-state index in [2.05, 4.69) is 58.5 Å². The van der Waals surface area contributed by atoms with E-state index in [1.807, 2.05) is 11.5 Å². The summed E-state index contributed by atoms with van der Waals surface area (Å²) < 4.78 is 6.74. The lowest BCUT2D eigenvalue weighted by molar-refractivity contribution is -0.113. The Hall–Kier alpha value is -2.85. The second kappa shape index (κ2) is 11.1. The molecule has 0 aliphatic heterocycles. The van der Waals surface area contributed by atoms with Gasteiger partial charge in [-0.1, -0.05) is 11.8 Å². The Bertz CT molecular complexity index is 1060. The van der Waals surface area contributed by atoms with Crippen LogP contribution in [-0.2, 0) is 16.1 Å². The van der Waals surface area contributed by atoms with Gasteiger partial charge >= 0.3 is 5.97 Å². The number of rotatable bonds is 10. The van der Waals surface area contributed by atoms with Gasteiger partial charge in [-0.2, -0.15) is 0 Å². The van der Waals surface area contributed by atoms with Crippen molar-refractivity contribution in [1.82, 2.24) is 14.8 Å². The highest BCUT2D eigenvalue weighted by Gasteiger charge is 2.18. The molecule has 1 aromatic carbocycles. The van der Waals surface area contributed by atoms with Gasteiger partial charge in [0.15, 0.2) is 11.0 Å². The molecule has 2 aromatic heterocycles. The molecule has 170 valence electrons. The number of ether oxygens (including phenoxy) is 1. The quantitative estimate of drug-likeness (QED) is 0.345. The summed E-state index contributed by atoms with van der Waals surface area (Å²) in [5.41, 5.74) is 2.50. The first-order valence-corrected chi connectivity index (χ1v) is 12.3. The van der Waals surface area contributed by atoms with Crippen molar-refractivity contribution in [3.05, 3.63) is 41.3 Å². The smallest absolute Gasteiger partial charge is 0.340 e. The zero-order chi connectivity index (χ0) is 23.1. The standard InChI is InChI=1S/C22H27N5O3S2/c1-5-26(6-2)16-10-8-15(9-11-16)19-24-25-22(27(19)7-3)32-14-18(28)23-20-17(12-13-31-20)21(29)30-4/h8-13H,5-7,14H2,1-4H3,(H,23,28). The number of hydrogen-bond donors (Lipinski definition) is 1. The molecule has 3 rings (SSSR count). The second-order valence-corrected chi connectivity index (χ2v) is 8.62. The van der Waals surface area contributed by atoms with Crippen LogP contribution in [0.5, 0.6) is 0 Å². The van der Waals surface area contributed by atoms with Gasteiger partial charge in [-0.15, -0.1) is 21.5 Å². The second-order valence-electron chi connectivity index (χ2n) is 6.76. The third kappa shape index (κ3) is 5.31. The van der Waals surface area contributed by atoms with Crippen LogP contribution in [0.1, 0.15) is 31.1 Å². The highest BCUT2D eigenvalue weighted by Crippen LogP contribution is 2.27. The molecule has 0 saturated carbocycles. The molecule has 0 radical (unpaired) electrons. The van der Waals surface area contributed by atoms with Crippen molar-refractivity contribution in [2.45, 2.75) is 32.5 Å². The van der Waals surface area contributed by atoms with E-state index in [1.165, 1.54) is 35.9 Å². The number of nitrogens with zero attached hydrogens (tertiary/aromatic N) is 4. The van der Waals surface area contributed by atoms with Crippen LogP contribution >= 0.6 is 23.1 Å². The maximum Gasteiger partial charge on any atom is 0.340 e. The summed E-state index contributed by atoms with van der Waals surface area (Å²) in [7, 11) is 1.31. The van der Waals surface area contributed by atoms with Gasteiger partial charge in [-0.3, -0.25) is 4.79 Å². The maximum atomic E-state index is 12.4. The Labute approximate surface area is 196 Å². The Morgan fingerprint density at radius 1 is 1.12 bits per heavy atom. The van der Waals surface area contributed by atoms with Gasteiger partial charge in [-0.25, -0.2) is 4.79 Å². The molecule has 1 N–H and O–H groups in total. The Kier molecular flexibility index (Phi) is 8.29. The number of amides is 1. The number of anilines is 2. The third-order valence-electron chi connectivity index (χ3n) is 4.94. The number of esters is 1. The van der Waals surface area contributed by atoms with Gasteiger partial charge in [0.1, 0.15) is 5.00 Å². The number of thiophene rings is 1. The summed E-state index contributed by atoms with van der Waals surface area (Å²) in [5, 5.41) is 14.3. The van der Waals surface area contributed by atoms with Crippen LogP contribution in [0.25, 0.3) is 11.4 Å². The van der Waals surface area contributed by atoms with E-state index in [0.29, 0.717) is 22.3 Å². The fourth-order valence-electron chi connectivity index (χ4n) is 3.27. The fraction of sp³-hybridized carbons (Fsp3) is 0.364. The summed E-state index contributed by atoms with van der Waals surface area (Å²) >= 11 is 2.59. The highest BCUT2D eigenvalue weighted by molar-refractivity contribution is 7.99. The summed E-state index contributed by atoms with van der Waals surface area (Å²) in [6.07, 6.45) is 0. The highest BCUT2D eigenvalue weighted by atomic mass is 32.2. The number of carbonyl (C=O) groups is 2. The molecule has 32 heavy (non-hydrogen) atoms. The van der Waals surface area contributed by atoms with E-state index < -0.39 is 5.97 Å². The topological polar surface area (TPSA) is 89.3 Å². The van der Waals surface area contributed by atoms with Crippen LogP contribution in [-0.4, -0.2) is 52.6 Å². The summed E-state index contributed by atoms with van der Waals surface area (Å²) in [5.74, 6) is 0.222. The number of hydrogen-bond acceptors (Lipinski definition) is 8. The molecule has 8 nitrogen and oxygen atoms in total. The molecule has 0 spiro atoms. The first kappa shape index (κ1) is 23.8. The van der Waals surface area contributed by atoms with E-state index >= 15 is 0 Å². The average molecular weight is 474 g/mol. The zero-order valence-electron chi connectivity index (χ0n) is 18.6. The van der Waals surface area contributed by atoms with Crippen molar-refractivity contribution in [1.29, 1.82) is 0 Å². The molecule has 0 unspecified atom stereocenters. The third-order valence-corrected chi connectivity index (χ3v) is 6.74. The molecular weight excluding hydrogens is 446 g/mol. The lowest BCUT2D eigenvalue weighted by Crippen LogP contribution is -2.21. The normalized spacial score (nSPS) is 10.8. The van der Waals surface area contributed by atoms with Crippen LogP contribution in [0.2, 0.25) is 0 Å². The molecule has 0 saturated heterocycles. The molecule has 0 bridgehead atoms. The molecule has 3 aromatic rings. The molecule has 0 aliphatic rings. The molecule has 10 heteroatoms. The van der Waals surface area contributed by atoms with E-state index in [1.54, 1.807) is 11.4 Å². The van der Waals surface area contributed by atoms with Gasteiger partial charge in [0.25, 0.3) is 0 Å². The Balaban J connectivity index is 1.68. The fourth-order valence-corrected chi connectivity index (χ4v) is 4.87. The summed E-state index contributed by atoms with van der Waals surface area (Å²) in [6.45, 7) is 8.89. The van der Waals surface area contributed by atoms with Crippen LogP contribution in [0, 0.1) is 0 Å². The van der Waals surface area contributed by atoms with Gasteiger partial charge < -0.3 is 19.5 Å². The van der Waals surface area contributed by atoms with Crippen molar-refractivity contribution in [2.75, 3.05) is 36.2 Å². The Morgan fingerprint density at radius 2 is 1.84 bits per heavy atom. The Morgan fingerprint density at radius 3 is 2.47 bits per heavy atom. The molecule has 0 atom stereocenters. The van der Waals surface area contributed by atoms with Crippen LogP contribution in [0.15, 0.2) is 40.9 Å². The molecular formula is C22H27N5O3S2. The van der Waals surface area contributed by atoms with Gasteiger partial charge in [0.2, 0.25) is 5.91 Å². The first-order valence-electron chi connectivity index (χ1n) is 10.4. The molecule has 1 amide bonds. The van der Waals surface area contributed by atoms with E-state index in [0.717, 1.165) is 24.5 Å². The van der Waals surface area contributed by atoms with Crippen molar-refractivity contribution in [3.8, 4) is 11.4 Å². The molecule has 0 fully saturated rings. The van der Waals surface area contributed by atoms with E-state index in [-0.39, 0.29) is 11.7 Å². The number of thioether (sulfide) groups is 1. The van der Waals surface area contributed by atoms with E-state index in [9.17, 15) is 9.59 Å². The van der Waals surface area contributed by atoms with Gasteiger partial charge in [0, 0.05) is 30.9 Å². The lowest BCUT2D eigenvalue weighted by atomic mass is 10.2. The van der Waals surface area contributed by atoms with Crippen molar-refractivity contribution >= 4 is 45.7 Å². The number of methoxy groups -OCH3 is 1. The first-order chi connectivity index (χ1) is 15.5.